The van der Waals surface area contributed by atoms with Crippen molar-refractivity contribution in [3.05, 3.63) is 4.91 Å². The Hall–Kier alpha value is -1.37. The van der Waals surface area contributed by atoms with Crippen LogP contribution in [0.4, 0.5) is 0 Å². The van der Waals surface area contributed by atoms with Gasteiger partial charge in [0.15, 0.2) is 0 Å². The maximum absolute atomic E-state index is 10.7. The van der Waals surface area contributed by atoms with Crippen LogP contribution in [0.25, 0.3) is 0 Å². The Morgan fingerprint density at radius 3 is 2.11 bits per heavy atom. The molecule has 4 heteroatoms. The smallest absolute Gasteiger partial charge is 0.257 e. The van der Waals surface area contributed by atoms with Crippen LogP contribution in [0.1, 0.15) is 71.1 Å². The first-order chi connectivity index (χ1) is 8.81. The van der Waals surface area contributed by atoms with Gasteiger partial charge in [0, 0.05) is 6.42 Å². The van der Waals surface area contributed by atoms with Gasteiger partial charge in [-0.1, -0.05) is 64.2 Å². The zero-order chi connectivity index (χ0) is 13.5. The van der Waals surface area contributed by atoms with Crippen molar-refractivity contribution in [2.24, 2.45) is 5.29 Å². The topological polar surface area (TPSA) is 58.5 Å². The third-order valence-electron chi connectivity index (χ3n) is 2.75. The summed E-state index contributed by atoms with van der Waals surface area (Å²) in [6.07, 6.45) is 12.1. The highest BCUT2D eigenvalue weighted by Gasteiger charge is 1.92. The molecule has 0 rings (SSSR count). The minimum atomic E-state index is -0.624. The summed E-state index contributed by atoms with van der Waals surface area (Å²) in [4.78, 5) is 20.4. The van der Waals surface area contributed by atoms with E-state index in [1.54, 1.807) is 5.43 Å². The number of rotatable bonds is 10. The molecule has 1 N–H and O–H groups in total. The molecule has 0 unspecified atom stereocenters. The van der Waals surface area contributed by atoms with Gasteiger partial charge in [-0.05, 0) is 12.3 Å². The first-order valence-electron chi connectivity index (χ1n) is 6.92. The van der Waals surface area contributed by atoms with Gasteiger partial charge in [0.1, 0.15) is 0 Å². The number of nitroso groups, excluding NO2 is 1. The molecule has 4 nitrogen and oxygen atoms in total. The van der Waals surface area contributed by atoms with Crippen molar-refractivity contribution >= 4 is 5.91 Å². The summed E-state index contributed by atoms with van der Waals surface area (Å²) in [5.41, 5.74) is 1.74. The van der Waals surface area contributed by atoms with Gasteiger partial charge in [-0.25, -0.2) is 0 Å². The molecule has 0 aliphatic carbocycles. The summed E-state index contributed by atoms with van der Waals surface area (Å²) in [5, 5.41) is 2.25. The average molecular weight is 252 g/mol. The largest absolute Gasteiger partial charge is 0.318 e. The monoisotopic (exact) mass is 252 g/mol. The Morgan fingerprint density at radius 2 is 1.56 bits per heavy atom. The van der Waals surface area contributed by atoms with Gasteiger partial charge < -0.3 is 0 Å². The molecule has 0 aromatic rings. The number of carbonyl (C=O) groups is 1. The van der Waals surface area contributed by atoms with Gasteiger partial charge in [0.2, 0.25) is 0 Å². The summed E-state index contributed by atoms with van der Waals surface area (Å²) in [6, 6.07) is 0. The molecule has 0 heterocycles. The summed E-state index contributed by atoms with van der Waals surface area (Å²) >= 11 is 0. The van der Waals surface area contributed by atoms with E-state index in [0.29, 0.717) is 6.42 Å². The van der Waals surface area contributed by atoms with E-state index < -0.39 is 5.91 Å². The van der Waals surface area contributed by atoms with Gasteiger partial charge in [-0.3, -0.25) is 4.79 Å². The first kappa shape index (κ1) is 16.6. The second kappa shape index (κ2) is 13.7. The molecule has 18 heavy (non-hydrogen) atoms. The lowest BCUT2D eigenvalue weighted by molar-refractivity contribution is -0.115. The number of unbranched alkanes of at least 4 members (excludes halogenated alkanes) is 9. The van der Waals surface area contributed by atoms with Crippen molar-refractivity contribution in [1.29, 1.82) is 0 Å². The molecule has 0 spiro atoms. The lowest BCUT2D eigenvalue weighted by Gasteiger charge is -1.99. The summed E-state index contributed by atoms with van der Waals surface area (Å²) in [6.45, 7) is 2.23. The normalized spacial score (nSPS) is 9.39. The van der Waals surface area contributed by atoms with Crippen LogP contribution in [0.15, 0.2) is 5.29 Å². The highest BCUT2D eigenvalue weighted by molar-refractivity contribution is 5.93. The van der Waals surface area contributed by atoms with Crippen molar-refractivity contribution in [3.63, 3.8) is 0 Å². The highest BCUT2D eigenvalue weighted by Crippen LogP contribution is 2.09. The molecule has 0 fully saturated rings. The second-order valence-corrected chi connectivity index (χ2v) is 4.41. The van der Waals surface area contributed by atoms with Crippen molar-refractivity contribution in [2.45, 2.75) is 71.1 Å². The van der Waals surface area contributed by atoms with E-state index >= 15 is 0 Å². The van der Waals surface area contributed by atoms with E-state index in [0.717, 1.165) is 12.8 Å². The molecular weight excluding hydrogens is 228 g/mol. The van der Waals surface area contributed by atoms with Gasteiger partial charge >= 0.3 is 5.91 Å². The summed E-state index contributed by atoms with van der Waals surface area (Å²) < 4.78 is 0. The van der Waals surface area contributed by atoms with Crippen molar-refractivity contribution in [3.8, 4) is 11.8 Å². The zero-order valence-electron chi connectivity index (χ0n) is 11.3. The molecule has 0 aromatic carbocycles. The number of hydrogen-bond donors (Lipinski definition) is 1. The van der Waals surface area contributed by atoms with Crippen LogP contribution in [-0.4, -0.2) is 5.91 Å². The number of hydrogen-bond acceptors (Lipinski definition) is 3. The van der Waals surface area contributed by atoms with Gasteiger partial charge in [0.05, 0.1) is 5.29 Å². The molecule has 0 aliphatic rings. The zero-order valence-corrected chi connectivity index (χ0v) is 11.3. The van der Waals surface area contributed by atoms with Crippen molar-refractivity contribution in [1.82, 2.24) is 5.43 Å². The Morgan fingerprint density at radius 1 is 1.00 bits per heavy atom. The predicted octanol–water partition coefficient (Wildman–Crippen LogP) is 3.71. The fraction of sp³-hybridized carbons (Fsp3) is 0.786. The van der Waals surface area contributed by atoms with E-state index in [4.69, 9.17) is 0 Å². The lowest BCUT2D eigenvalue weighted by Crippen LogP contribution is -2.12. The van der Waals surface area contributed by atoms with Crippen LogP contribution in [0, 0.1) is 16.7 Å². The fourth-order valence-corrected chi connectivity index (χ4v) is 1.74. The molecular formula is C14H24N2O2. The number of amides is 1. The third-order valence-corrected chi connectivity index (χ3v) is 2.75. The van der Waals surface area contributed by atoms with Gasteiger partial charge in [0.25, 0.3) is 0 Å². The maximum atomic E-state index is 10.7. The number of nitrogens with zero attached hydrogens (tertiary/aromatic N) is 1. The second-order valence-electron chi connectivity index (χ2n) is 4.41. The van der Waals surface area contributed by atoms with E-state index in [-0.39, 0.29) is 0 Å². The fourth-order valence-electron chi connectivity index (χ4n) is 1.74. The number of carbonyl (C=O) groups excluding carboxylic acids is 1. The van der Waals surface area contributed by atoms with E-state index in [1.807, 2.05) is 0 Å². The van der Waals surface area contributed by atoms with Crippen LogP contribution in [-0.2, 0) is 4.79 Å². The van der Waals surface area contributed by atoms with Gasteiger partial charge in [-0.2, -0.15) is 5.43 Å². The Balaban J connectivity index is 3.20. The maximum Gasteiger partial charge on any atom is 0.318 e. The van der Waals surface area contributed by atoms with E-state index in [9.17, 15) is 9.70 Å². The Labute approximate surface area is 110 Å². The third kappa shape index (κ3) is 12.7. The van der Waals surface area contributed by atoms with Crippen LogP contribution in [0.2, 0.25) is 0 Å². The van der Waals surface area contributed by atoms with Crippen LogP contribution < -0.4 is 5.43 Å². The quantitative estimate of drug-likeness (QED) is 0.279. The molecule has 1 amide bonds. The molecule has 0 aliphatic heterocycles. The predicted molar refractivity (Wildman–Crippen MR) is 73.6 cm³/mol. The molecule has 0 aromatic heterocycles. The van der Waals surface area contributed by atoms with Crippen molar-refractivity contribution < 1.29 is 4.79 Å². The highest BCUT2D eigenvalue weighted by atomic mass is 16.3. The summed E-state index contributed by atoms with van der Waals surface area (Å²) in [5.74, 6) is 4.42. The van der Waals surface area contributed by atoms with Crippen molar-refractivity contribution in [2.75, 3.05) is 0 Å². The van der Waals surface area contributed by atoms with Crippen LogP contribution in [0.5, 0.6) is 0 Å². The molecule has 0 saturated heterocycles. The minimum absolute atomic E-state index is 0.624. The van der Waals surface area contributed by atoms with E-state index in [1.165, 1.54) is 44.9 Å². The standard InChI is InChI=1S/C14H24N2O2/c1-2-3-4-5-6-7-8-9-10-11-12-13-14(17)15-16-18/h2-11H2,1H3,(H,15,17,18). The minimum Gasteiger partial charge on any atom is -0.257 e. The Kier molecular flexibility index (Phi) is 12.7. The Bertz CT molecular complexity index is 279. The van der Waals surface area contributed by atoms with Crippen LogP contribution in [0.3, 0.4) is 0 Å². The lowest BCUT2D eigenvalue weighted by atomic mass is 10.1. The number of nitrogens with one attached hydrogen (secondary N) is 1. The van der Waals surface area contributed by atoms with Gasteiger partial charge in [-0.15, -0.1) is 4.91 Å². The van der Waals surface area contributed by atoms with Crippen LogP contribution >= 0.6 is 0 Å². The molecule has 102 valence electrons. The molecule has 0 bridgehead atoms. The first-order valence-corrected chi connectivity index (χ1v) is 6.92. The molecule has 0 atom stereocenters. The molecule has 0 saturated carbocycles. The average Bonchev–Trinajstić information content (AvgIpc) is 2.36. The summed E-state index contributed by atoms with van der Waals surface area (Å²) in [7, 11) is 0. The SMILES string of the molecule is CCCCCCCCCCCC#CC(=O)NN=O. The van der Waals surface area contributed by atoms with E-state index in [2.05, 4.69) is 24.1 Å². The molecule has 0 radical (unpaired) electrons.